The number of nitrogens with one attached hydrogen (secondary N) is 1. The molecule has 1 aromatic rings. The van der Waals surface area contributed by atoms with E-state index < -0.39 is 0 Å². The average Bonchev–Trinajstić information content (AvgIpc) is 2.77. The molecule has 1 N–H and O–H groups in total. The lowest BCUT2D eigenvalue weighted by molar-refractivity contribution is 0.0601. The van der Waals surface area contributed by atoms with Gasteiger partial charge in [0.25, 0.3) is 0 Å². The fraction of sp³-hybridized carbons (Fsp3) is 0.462. The second-order valence-corrected chi connectivity index (χ2v) is 3.51. The maximum atomic E-state index is 11.5. The maximum Gasteiger partial charge on any atom is 0.339 e. The molecule has 1 aromatic carbocycles. The third-order valence-electron chi connectivity index (χ3n) is 2.47. The highest BCUT2D eigenvalue weighted by atomic mass is 16.5. The van der Waals surface area contributed by atoms with Gasteiger partial charge < -0.3 is 10.1 Å². The Labute approximate surface area is 96.8 Å². The molecule has 0 aliphatic carbocycles. The monoisotopic (exact) mass is 221 g/mol. The van der Waals surface area contributed by atoms with Gasteiger partial charge in [0.2, 0.25) is 0 Å². The first-order chi connectivity index (χ1) is 7.72. The summed E-state index contributed by atoms with van der Waals surface area (Å²) < 4.78 is 4.74. The zero-order valence-corrected chi connectivity index (χ0v) is 10.4. The van der Waals surface area contributed by atoms with E-state index in [2.05, 4.69) is 11.4 Å². The first kappa shape index (κ1) is 12.6. The van der Waals surface area contributed by atoms with Crippen molar-refractivity contribution in [2.75, 3.05) is 19.0 Å². The smallest absolute Gasteiger partial charge is 0.339 e. The van der Waals surface area contributed by atoms with Gasteiger partial charge in [0.1, 0.15) is 0 Å². The molecule has 0 atom stereocenters. The highest BCUT2D eigenvalue weighted by Crippen LogP contribution is 2.28. The molecular formula is C13H19NO2. The summed E-state index contributed by atoms with van der Waals surface area (Å²) in [5.41, 5.74) is 3.92. The molecule has 16 heavy (non-hydrogen) atoms. The number of aryl methyl sites for hydroxylation is 1. The molecule has 1 aliphatic rings. The van der Waals surface area contributed by atoms with Crippen LogP contribution in [0.5, 0.6) is 0 Å². The van der Waals surface area contributed by atoms with Crippen molar-refractivity contribution in [1.82, 2.24) is 0 Å². The topological polar surface area (TPSA) is 38.3 Å². The van der Waals surface area contributed by atoms with Crippen molar-refractivity contribution in [3.8, 4) is 0 Å². The molecule has 0 amide bonds. The fourth-order valence-electron chi connectivity index (χ4n) is 1.86. The maximum absolute atomic E-state index is 11.5. The van der Waals surface area contributed by atoms with Gasteiger partial charge in [-0.15, -0.1) is 0 Å². The molecule has 2 rings (SSSR count). The van der Waals surface area contributed by atoms with Crippen LogP contribution in [-0.2, 0) is 11.2 Å². The Bertz CT molecular complexity index is 386. The molecule has 0 aromatic heterocycles. The Hall–Kier alpha value is -1.51. The van der Waals surface area contributed by atoms with Crippen molar-refractivity contribution in [3.05, 3.63) is 28.8 Å². The predicted octanol–water partition coefficient (Wildman–Crippen LogP) is 2.78. The third-order valence-corrected chi connectivity index (χ3v) is 2.47. The first-order valence-corrected chi connectivity index (χ1v) is 5.68. The number of esters is 1. The summed E-state index contributed by atoms with van der Waals surface area (Å²) in [5, 5.41) is 3.21. The first-order valence-electron chi connectivity index (χ1n) is 5.68. The summed E-state index contributed by atoms with van der Waals surface area (Å²) in [6, 6.07) is 3.98. The van der Waals surface area contributed by atoms with Gasteiger partial charge in [-0.05, 0) is 30.5 Å². The highest BCUT2D eigenvalue weighted by molar-refractivity contribution is 5.97. The normalized spacial score (nSPS) is 12.0. The minimum Gasteiger partial charge on any atom is -0.465 e. The Morgan fingerprint density at radius 1 is 1.38 bits per heavy atom. The molecule has 0 bridgehead atoms. The molecule has 88 valence electrons. The lowest BCUT2D eigenvalue weighted by atomic mass is 10.0. The number of fused-ring (bicyclic) bond motifs is 1. The van der Waals surface area contributed by atoms with E-state index in [0.717, 1.165) is 24.2 Å². The predicted molar refractivity (Wildman–Crippen MR) is 66.1 cm³/mol. The molecule has 0 saturated carbocycles. The van der Waals surface area contributed by atoms with Crippen molar-refractivity contribution in [1.29, 1.82) is 0 Å². The molecule has 0 fully saturated rings. The summed E-state index contributed by atoms with van der Waals surface area (Å²) in [6.07, 6.45) is 0.987. The van der Waals surface area contributed by atoms with Gasteiger partial charge in [-0.25, -0.2) is 4.79 Å². The third kappa shape index (κ3) is 2.35. The number of hydrogen-bond acceptors (Lipinski definition) is 3. The number of anilines is 1. The Kier molecular flexibility index (Phi) is 4.35. The van der Waals surface area contributed by atoms with Crippen LogP contribution in [0, 0.1) is 6.92 Å². The Balaban J connectivity index is 0.000000606. The van der Waals surface area contributed by atoms with Crippen LogP contribution in [0.3, 0.4) is 0 Å². The number of benzene rings is 1. The number of rotatable bonds is 1. The average molecular weight is 221 g/mol. The van der Waals surface area contributed by atoms with Gasteiger partial charge in [-0.1, -0.05) is 19.9 Å². The Morgan fingerprint density at radius 3 is 2.69 bits per heavy atom. The van der Waals surface area contributed by atoms with Crippen LogP contribution in [-0.4, -0.2) is 19.6 Å². The summed E-state index contributed by atoms with van der Waals surface area (Å²) in [5.74, 6) is -0.264. The van der Waals surface area contributed by atoms with Crippen molar-refractivity contribution < 1.29 is 9.53 Å². The van der Waals surface area contributed by atoms with Gasteiger partial charge in [0.05, 0.1) is 18.4 Å². The number of carbonyl (C=O) groups excluding carboxylic acids is 1. The molecule has 0 spiro atoms. The van der Waals surface area contributed by atoms with Crippen LogP contribution in [0.25, 0.3) is 0 Å². The molecule has 1 aliphatic heterocycles. The van der Waals surface area contributed by atoms with E-state index >= 15 is 0 Å². The summed E-state index contributed by atoms with van der Waals surface area (Å²) >= 11 is 0. The second kappa shape index (κ2) is 5.54. The molecule has 0 radical (unpaired) electrons. The minimum absolute atomic E-state index is 0.264. The fourth-order valence-corrected chi connectivity index (χ4v) is 1.86. The van der Waals surface area contributed by atoms with Crippen LogP contribution in [0.15, 0.2) is 12.1 Å². The van der Waals surface area contributed by atoms with E-state index in [1.807, 2.05) is 26.8 Å². The van der Waals surface area contributed by atoms with Crippen molar-refractivity contribution in [2.24, 2.45) is 0 Å². The van der Waals surface area contributed by atoms with Crippen LogP contribution >= 0.6 is 0 Å². The summed E-state index contributed by atoms with van der Waals surface area (Å²) in [6.45, 7) is 6.90. The summed E-state index contributed by atoms with van der Waals surface area (Å²) in [7, 11) is 1.41. The Morgan fingerprint density at radius 2 is 2.06 bits per heavy atom. The van der Waals surface area contributed by atoms with Gasteiger partial charge in [-0.3, -0.25) is 0 Å². The zero-order valence-electron chi connectivity index (χ0n) is 10.4. The highest BCUT2D eigenvalue weighted by Gasteiger charge is 2.19. The molecular weight excluding hydrogens is 202 g/mol. The van der Waals surface area contributed by atoms with Crippen LogP contribution in [0.1, 0.15) is 35.3 Å². The largest absolute Gasteiger partial charge is 0.465 e. The van der Waals surface area contributed by atoms with Gasteiger partial charge in [0.15, 0.2) is 0 Å². The van der Waals surface area contributed by atoms with Crippen molar-refractivity contribution >= 4 is 11.7 Å². The van der Waals surface area contributed by atoms with E-state index in [0.29, 0.717) is 5.56 Å². The molecule has 3 nitrogen and oxygen atoms in total. The van der Waals surface area contributed by atoms with Gasteiger partial charge in [-0.2, -0.15) is 0 Å². The van der Waals surface area contributed by atoms with Crippen LogP contribution in [0.2, 0.25) is 0 Å². The van der Waals surface area contributed by atoms with Crippen molar-refractivity contribution in [2.45, 2.75) is 27.2 Å². The minimum atomic E-state index is -0.264. The quantitative estimate of drug-likeness (QED) is 0.741. The van der Waals surface area contributed by atoms with E-state index in [4.69, 9.17) is 4.74 Å². The van der Waals surface area contributed by atoms with Crippen molar-refractivity contribution in [3.63, 3.8) is 0 Å². The van der Waals surface area contributed by atoms with E-state index in [-0.39, 0.29) is 5.97 Å². The SMILES string of the molecule is CC.COC(=O)c1cc(C)cc2c1NCC2. The molecule has 0 saturated heterocycles. The lowest BCUT2D eigenvalue weighted by Crippen LogP contribution is -2.05. The van der Waals surface area contributed by atoms with E-state index in [9.17, 15) is 4.79 Å². The van der Waals surface area contributed by atoms with Gasteiger partial charge in [0, 0.05) is 6.54 Å². The number of carbonyl (C=O) groups is 1. The number of methoxy groups -OCH3 is 1. The van der Waals surface area contributed by atoms with E-state index in [1.54, 1.807) is 0 Å². The standard InChI is InChI=1S/C11H13NO2.C2H6/c1-7-5-8-3-4-12-10(8)9(6-7)11(13)14-2;1-2/h5-6,12H,3-4H2,1-2H3;1-2H3. The lowest BCUT2D eigenvalue weighted by Gasteiger charge is -2.08. The zero-order chi connectivity index (χ0) is 12.1. The molecule has 0 unspecified atom stereocenters. The van der Waals surface area contributed by atoms with Crippen LogP contribution in [0.4, 0.5) is 5.69 Å². The molecule has 3 heteroatoms. The van der Waals surface area contributed by atoms with E-state index in [1.165, 1.54) is 12.7 Å². The number of ether oxygens (including phenoxy) is 1. The summed E-state index contributed by atoms with van der Waals surface area (Å²) in [4.78, 5) is 11.5. The van der Waals surface area contributed by atoms with Gasteiger partial charge >= 0.3 is 5.97 Å². The number of hydrogen-bond donors (Lipinski definition) is 1. The van der Waals surface area contributed by atoms with Crippen LogP contribution < -0.4 is 5.32 Å². The molecule has 1 heterocycles. The second-order valence-electron chi connectivity index (χ2n) is 3.51.